The van der Waals surface area contributed by atoms with Crippen LogP contribution >= 0.6 is 0 Å². The molecule has 0 spiro atoms. The highest BCUT2D eigenvalue weighted by Crippen LogP contribution is 2.44. The Kier molecular flexibility index (Phi) is 9.47. The molecule has 1 heterocycles. The molecule has 3 N–H and O–H groups in total. The number of benzene rings is 3. The van der Waals surface area contributed by atoms with Crippen molar-refractivity contribution in [1.82, 2.24) is 15.5 Å². The maximum Gasteiger partial charge on any atom is 0.414 e. The fourth-order valence-corrected chi connectivity index (χ4v) is 5.75. The van der Waals surface area contributed by atoms with Crippen molar-refractivity contribution in [3.05, 3.63) is 89.0 Å². The SMILES string of the molecule is CC(C)(C)OC(=O)NC(=Nc1ccc2c(c1)CN(C(=O)OCC1c3ccccc3-c3ccccc31)[C@H](C(=O)O)C2)NC(=O)OC(C)(C)C. The van der Waals surface area contributed by atoms with Crippen LogP contribution in [0.4, 0.5) is 20.1 Å². The molecule has 3 aromatic rings. The molecule has 252 valence electrons. The number of ether oxygens (including phenoxy) is 3. The Bertz CT molecular complexity index is 1690. The largest absolute Gasteiger partial charge is 0.480 e. The number of aliphatic imine (C=N–C) groups is 1. The lowest BCUT2D eigenvalue weighted by molar-refractivity contribution is -0.143. The van der Waals surface area contributed by atoms with Crippen LogP contribution in [0.1, 0.15) is 69.7 Å². The van der Waals surface area contributed by atoms with Gasteiger partial charge < -0.3 is 19.3 Å². The molecule has 1 aliphatic heterocycles. The van der Waals surface area contributed by atoms with Crippen molar-refractivity contribution in [3.63, 3.8) is 0 Å². The topological polar surface area (TPSA) is 156 Å². The number of carbonyl (C=O) groups is 4. The second-order valence-corrected chi connectivity index (χ2v) is 13.7. The van der Waals surface area contributed by atoms with Crippen LogP contribution in [0, 0.1) is 0 Å². The van der Waals surface area contributed by atoms with Crippen molar-refractivity contribution in [2.24, 2.45) is 4.99 Å². The third kappa shape index (κ3) is 8.11. The molecule has 3 aromatic carbocycles. The highest BCUT2D eigenvalue weighted by atomic mass is 16.6. The molecule has 0 radical (unpaired) electrons. The van der Waals surface area contributed by atoms with E-state index in [0.29, 0.717) is 16.8 Å². The smallest absolute Gasteiger partial charge is 0.414 e. The number of aliphatic carboxylic acids is 1. The Morgan fingerprint density at radius 1 is 0.812 bits per heavy atom. The molecule has 12 heteroatoms. The second kappa shape index (κ2) is 13.4. The van der Waals surface area contributed by atoms with Gasteiger partial charge in [0.05, 0.1) is 12.2 Å². The third-order valence-electron chi connectivity index (χ3n) is 7.66. The van der Waals surface area contributed by atoms with Crippen LogP contribution < -0.4 is 10.6 Å². The van der Waals surface area contributed by atoms with Crippen LogP contribution in [-0.2, 0) is 32.0 Å². The highest BCUT2D eigenvalue weighted by molar-refractivity contribution is 6.02. The number of nitrogens with one attached hydrogen (secondary N) is 2. The van der Waals surface area contributed by atoms with Gasteiger partial charge in [0.1, 0.15) is 23.9 Å². The zero-order chi connectivity index (χ0) is 34.8. The minimum absolute atomic E-state index is 0.0446. The lowest BCUT2D eigenvalue weighted by Crippen LogP contribution is -2.49. The molecule has 12 nitrogen and oxygen atoms in total. The van der Waals surface area contributed by atoms with E-state index in [0.717, 1.165) is 22.3 Å². The minimum atomic E-state index is -1.15. The molecular formula is C36H40N4O8. The first kappa shape index (κ1) is 34.0. The van der Waals surface area contributed by atoms with E-state index in [4.69, 9.17) is 14.2 Å². The second-order valence-electron chi connectivity index (χ2n) is 13.7. The lowest BCUT2D eigenvalue weighted by Gasteiger charge is -2.34. The van der Waals surface area contributed by atoms with Crippen LogP contribution in [-0.4, -0.2) is 64.1 Å². The molecule has 2 aliphatic rings. The van der Waals surface area contributed by atoms with Gasteiger partial charge in [0.25, 0.3) is 0 Å². The first-order chi connectivity index (χ1) is 22.6. The standard InChI is InChI=1S/C36H40N4O8/c1-35(2,3)47-32(43)38-31(39-33(44)48-36(4,5)6)37-23-16-15-21-18-29(30(41)42)40(19-22(21)17-23)34(45)46-20-28-26-13-9-7-11-24(26)25-12-8-10-14-27(25)28/h7-17,28-29H,18-20H2,1-6H3,(H,41,42)(H2,37,38,39,43,44)/t29-/m0/s1. The molecule has 48 heavy (non-hydrogen) atoms. The van der Waals surface area contributed by atoms with Crippen molar-refractivity contribution in [2.75, 3.05) is 6.61 Å². The summed E-state index contributed by atoms with van der Waals surface area (Å²) in [6, 6.07) is 19.8. The van der Waals surface area contributed by atoms with Crippen molar-refractivity contribution >= 4 is 35.9 Å². The number of fused-ring (bicyclic) bond motifs is 4. The average Bonchev–Trinajstić information content (AvgIpc) is 3.30. The van der Waals surface area contributed by atoms with E-state index in [1.165, 1.54) is 4.90 Å². The summed E-state index contributed by atoms with van der Waals surface area (Å²) in [5, 5.41) is 14.9. The van der Waals surface area contributed by atoms with Crippen LogP contribution in [0.15, 0.2) is 71.7 Å². The number of hydrogen-bond acceptors (Lipinski definition) is 8. The summed E-state index contributed by atoms with van der Waals surface area (Å²) in [5.74, 6) is -1.58. The zero-order valence-electron chi connectivity index (χ0n) is 27.8. The fraction of sp³-hybridized carbons (Fsp3) is 0.361. The first-order valence-electron chi connectivity index (χ1n) is 15.6. The molecule has 0 unspecified atom stereocenters. The van der Waals surface area contributed by atoms with Crippen molar-refractivity contribution < 1.29 is 38.5 Å². The van der Waals surface area contributed by atoms with Gasteiger partial charge in [-0.15, -0.1) is 0 Å². The van der Waals surface area contributed by atoms with Crippen LogP contribution in [0.2, 0.25) is 0 Å². The number of hydrogen-bond donors (Lipinski definition) is 3. The summed E-state index contributed by atoms with van der Waals surface area (Å²) in [6.45, 7) is 10.2. The fourth-order valence-electron chi connectivity index (χ4n) is 5.75. The van der Waals surface area contributed by atoms with Gasteiger partial charge >= 0.3 is 24.2 Å². The predicted molar refractivity (Wildman–Crippen MR) is 178 cm³/mol. The van der Waals surface area contributed by atoms with Crippen molar-refractivity contribution in [1.29, 1.82) is 0 Å². The number of carboxylic acids is 1. The first-order valence-corrected chi connectivity index (χ1v) is 15.6. The van der Waals surface area contributed by atoms with E-state index in [1.807, 2.05) is 48.5 Å². The quantitative estimate of drug-likeness (QED) is 0.164. The van der Waals surface area contributed by atoms with Crippen molar-refractivity contribution in [2.45, 2.75) is 77.7 Å². The lowest BCUT2D eigenvalue weighted by atomic mass is 9.94. The number of alkyl carbamates (subject to hydrolysis) is 2. The Labute approximate surface area is 279 Å². The minimum Gasteiger partial charge on any atom is -0.480 e. The van der Waals surface area contributed by atoms with Crippen molar-refractivity contribution in [3.8, 4) is 11.1 Å². The molecule has 1 atom stereocenters. The normalized spacial score (nSPS) is 15.3. The van der Waals surface area contributed by atoms with Gasteiger partial charge in [-0.05, 0) is 87.1 Å². The number of nitrogens with zero attached hydrogens (tertiary/aromatic N) is 2. The Balaban J connectivity index is 1.36. The maximum atomic E-state index is 13.5. The van der Waals surface area contributed by atoms with E-state index in [1.54, 1.807) is 59.7 Å². The molecule has 0 aromatic heterocycles. The monoisotopic (exact) mass is 656 g/mol. The molecule has 5 rings (SSSR count). The number of carboxylic acid groups (broad SMARTS) is 1. The molecule has 0 saturated carbocycles. The summed E-state index contributed by atoms with van der Waals surface area (Å²) in [7, 11) is 0. The molecule has 0 saturated heterocycles. The van der Waals surface area contributed by atoms with E-state index < -0.39 is 41.5 Å². The molecule has 0 fully saturated rings. The van der Waals surface area contributed by atoms with Gasteiger partial charge in [-0.1, -0.05) is 54.6 Å². The van der Waals surface area contributed by atoms with E-state index in [9.17, 15) is 24.3 Å². The van der Waals surface area contributed by atoms with Gasteiger partial charge in [-0.25, -0.2) is 24.2 Å². The summed E-state index contributed by atoms with van der Waals surface area (Å²) in [5.41, 5.74) is 4.30. The molecule has 1 aliphatic carbocycles. The van der Waals surface area contributed by atoms with Gasteiger partial charge in [0.15, 0.2) is 0 Å². The van der Waals surface area contributed by atoms with E-state index >= 15 is 0 Å². The predicted octanol–water partition coefficient (Wildman–Crippen LogP) is 6.48. The molecular weight excluding hydrogens is 616 g/mol. The number of rotatable bonds is 4. The third-order valence-corrected chi connectivity index (χ3v) is 7.66. The van der Waals surface area contributed by atoms with Gasteiger partial charge in [-0.3, -0.25) is 15.5 Å². The van der Waals surface area contributed by atoms with Gasteiger partial charge in [0.2, 0.25) is 5.96 Å². The number of carbonyl (C=O) groups excluding carboxylic acids is 3. The highest BCUT2D eigenvalue weighted by Gasteiger charge is 2.37. The average molecular weight is 657 g/mol. The van der Waals surface area contributed by atoms with Gasteiger partial charge in [0, 0.05) is 12.3 Å². The zero-order valence-corrected chi connectivity index (χ0v) is 27.8. The van der Waals surface area contributed by atoms with Gasteiger partial charge in [-0.2, -0.15) is 0 Å². The number of amides is 3. The molecule has 3 amide bonds. The van der Waals surface area contributed by atoms with Crippen LogP contribution in [0.5, 0.6) is 0 Å². The van der Waals surface area contributed by atoms with E-state index in [2.05, 4.69) is 15.6 Å². The van der Waals surface area contributed by atoms with Crippen LogP contribution in [0.25, 0.3) is 11.1 Å². The maximum absolute atomic E-state index is 13.5. The summed E-state index contributed by atoms with van der Waals surface area (Å²) >= 11 is 0. The Hall–Kier alpha value is -5.39. The summed E-state index contributed by atoms with van der Waals surface area (Å²) in [6.07, 6.45) is -2.39. The summed E-state index contributed by atoms with van der Waals surface area (Å²) in [4.78, 5) is 56.5. The Morgan fingerprint density at radius 3 is 1.88 bits per heavy atom. The Morgan fingerprint density at radius 2 is 1.35 bits per heavy atom. The van der Waals surface area contributed by atoms with E-state index in [-0.39, 0.29) is 31.4 Å². The van der Waals surface area contributed by atoms with Crippen LogP contribution in [0.3, 0.4) is 0 Å². The molecule has 0 bridgehead atoms. The number of guanidine groups is 1. The summed E-state index contributed by atoms with van der Waals surface area (Å²) < 4.78 is 16.4.